The van der Waals surface area contributed by atoms with Crippen molar-refractivity contribution in [1.29, 1.82) is 0 Å². The van der Waals surface area contributed by atoms with Crippen molar-refractivity contribution in [3.8, 4) is 0 Å². The van der Waals surface area contributed by atoms with Crippen LogP contribution in [0.1, 0.15) is 11.4 Å². The van der Waals surface area contributed by atoms with E-state index >= 15 is 0 Å². The Morgan fingerprint density at radius 1 is 1.19 bits per heavy atom. The summed E-state index contributed by atoms with van der Waals surface area (Å²) in [6, 6.07) is 6.13. The van der Waals surface area contributed by atoms with Gasteiger partial charge in [-0.3, -0.25) is 0 Å². The lowest BCUT2D eigenvalue weighted by atomic mass is 10.2. The molecule has 2 N–H and O–H groups in total. The van der Waals surface area contributed by atoms with Gasteiger partial charge in [0.15, 0.2) is 5.82 Å². The predicted molar refractivity (Wildman–Crippen MR) is 66.6 cm³/mol. The number of nitrogens with one attached hydrogen (secondary N) is 2. The first-order chi connectivity index (χ1) is 7.75. The molecule has 0 saturated heterocycles. The second kappa shape index (κ2) is 5.51. The Morgan fingerprint density at radius 3 is 2.75 bits per heavy atom. The Labute approximate surface area is 109 Å². The summed E-state index contributed by atoms with van der Waals surface area (Å²) in [4.78, 5) is 0. The lowest BCUT2D eigenvalue weighted by Crippen LogP contribution is -2.13. The van der Waals surface area contributed by atoms with Crippen molar-refractivity contribution >= 4 is 31.9 Å². The quantitative estimate of drug-likeness (QED) is 0.888. The van der Waals surface area contributed by atoms with Crippen LogP contribution >= 0.6 is 31.9 Å². The maximum Gasteiger partial charge on any atom is 0.188 e. The molecular formula is C9H9Br2N5. The van der Waals surface area contributed by atoms with Crippen LogP contribution in [0.5, 0.6) is 0 Å². The number of tetrazole rings is 1. The molecule has 0 saturated carbocycles. The molecule has 0 radical (unpaired) electrons. The van der Waals surface area contributed by atoms with Gasteiger partial charge in [0.2, 0.25) is 0 Å². The van der Waals surface area contributed by atoms with Crippen LogP contribution in [-0.2, 0) is 13.1 Å². The molecule has 0 bridgehead atoms. The van der Waals surface area contributed by atoms with Gasteiger partial charge in [-0.1, -0.05) is 11.3 Å². The van der Waals surface area contributed by atoms with Gasteiger partial charge in [-0.25, -0.2) is 0 Å². The minimum Gasteiger partial charge on any atom is -0.306 e. The van der Waals surface area contributed by atoms with E-state index in [0.717, 1.165) is 15.5 Å². The molecule has 0 atom stereocenters. The molecule has 2 rings (SSSR count). The van der Waals surface area contributed by atoms with E-state index in [1.807, 2.05) is 6.07 Å². The molecular weight excluding hydrogens is 338 g/mol. The van der Waals surface area contributed by atoms with Crippen LogP contribution in [0.25, 0.3) is 0 Å². The van der Waals surface area contributed by atoms with E-state index in [4.69, 9.17) is 0 Å². The van der Waals surface area contributed by atoms with Crippen molar-refractivity contribution in [3.05, 3.63) is 38.5 Å². The number of H-pyrrole nitrogens is 1. The number of aromatic amines is 1. The Bertz CT molecular complexity index is 457. The molecule has 7 heteroatoms. The Hall–Kier alpha value is -0.790. The standard InChI is InChI=1S/C9H9Br2N5/c10-7-2-1-6(3-8(7)11)4-12-5-9-13-15-16-14-9/h1-3,12H,4-5H2,(H,13,14,15,16). The fraction of sp³-hybridized carbons (Fsp3) is 0.222. The third kappa shape index (κ3) is 3.10. The highest BCUT2D eigenvalue weighted by molar-refractivity contribution is 9.13. The summed E-state index contributed by atoms with van der Waals surface area (Å²) in [7, 11) is 0. The van der Waals surface area contributed by atoms with Gasteiger partial charge in [-0.05, 0) is 49.6 Å². The third-order valence-electron chi connectivity index (χ3n) is 1.99. The van der Waals surface area contributed by atoms with Crippen molar-refractivity contribution in [2.75, 3.05) is 0 Å². The Morgan fingerprint density at radius 2 is 2.06 bits per heavy atom. The summed E-state index contributed by atoms with van der Waals surface area (Å²) in [5.74, 6) is 0.663. The number of nitrogens with zero attached hydrogens (tertiary/aromatic N) is 3. The fourth-order valence-electron chi connectivity index (χ4n) is 1.23. The first kappa shape index (κ1) is 11.7. The van der Waals surface area contributed by atoms with E-state index in [9.17, 15) is 0 Å². The highest BCUT2D eigenvalue weighted by atomic mass is 79.9. The zero-order valence-corrected chi connectivity index (χ0v) is 11.4. The maximum atomic E-state index is 3.85. The molecule has 0 amide bonds. The van der Waals surface area contributed by atoms with Crippen LogP contribution in [0.3, 0.4) is 0 Å². The van der Waals surface area contributed by atoms with Crippen molar-refractivity contribution in [2.45, 2.75) is 13.1 Å². The van der Waals surface area contributed by atoms with Crippen molar-refractivity contribution in [2.24, 2.45) is 0 Å². The number of hydrogen-bond donors (Lipinski definition) is 2. The van der Waals surface area contributed by atoms with Gasteiger partial charge in [-0.2, -0.15) is 5.21 Å². The molecule has 2 aromatic rings. The molecule has 16 heavy (non-hydrogen) atoms. The zero-order valence-electron chi connectivity index (χ0n) is 8.24. The topological polar surface area (TPSA) is 66.5 Å². The smallest absolute Gasteiger partial charge is 0.188 e. The average molecular weight is 347 g/mol. The number of rotatable bonds is 4. The van der Waals surface area contributed by atoms with Crippen LogP contribution in [0.15, 0.2) is 27.1 Å². The molecule has 5 nitrogen and oxygen atoms in total. The molecule has 0 spiro atoms. The molecule has 0 fully saturated rings. The second-order valence-electron chi connectivity index (χ2n) is 3.18. The van der Waals surface area contributed by atoms with Gasteiger partial charge in [0.1, 0.15) is 0 Å². The van der Waals surface area contributed by atoms with E-state index in [1.54, 1.807) is 0 Å². The first-order valence-corrected chi connectivity index (χ1v) is 6.21. The van der Waals surface area contributed by atoms with Gasteiger partial charge in [0.05, 0.1) is 6.54 Å². The minimum atomic E-state index is 0.601. The Balaban J connectivity index is 1.87. The second-order valence-corrected chi connectivity index (χ2v) is 4.89. The van der Waals surface area contributed by atoms with E-state index in [1.165, 1.54) is 5.56 Å². The summed E-state index contributed by atoms with van der Waals surface area (Å²) in [5.41, 5.74) is 1.19. The maximum absolute atomic E-state index is 3.85. The van der Waals surface area contributed by atoms with E-state index in [-0.39, 0.29) is 0 Å². The van der Waals surface area contributed by atoms with E-state index < -0.39 is 0 Å². The first-order valence-electron chi connectivity index (χ1n) is 4.62. The van der Waals surface area contributed by atoms with Crippen LogP contribution in [0.4, 0.5) is 0 Å². The average Bonchev–Trinajstić information content (AvgIpc) is 2.76. The normalized spacial score (nSPS) is 10.6. The molecule has 1 aromatic heterocycles. The predicted octanol–water partition coefficient (Wildman–Crippen LogP) is 2.01. The van der Waals surface area contributed by atoms with Crippen LogP contribution in [0.2, 0.25) is 0 Å². The zero-order chi connectivity index (χ0) is 11.4. The number of hydrogen-bond acceptors (Lipinski definition) is 4. The Kier molecular flexibility index (Phi) is 4.03. The summed E-state index contributed by atoms with van der Waals surface area (Å²) in [6.07, 6.45) is 0. The summed E-state index contributed by atoms with van der Waals surface area (Å²) >= 11 is 6.89. The molecule has 0 aliphatic carbocycles. The van der Waals surface area contributed by atoms with Gasteiger partial charge >= 0.3 is 0 Å². The van der Waals surface area contributed by atoms with Crippen LogP contribution in [-0.4, -0.2) is 20.6 Å². The van der Waals surface area contributed by atoms with Crippen molar-refractivity contribution in [1.82, 2.24) is 25.9 Å². The largest absolute Gasteiger partial charge is 0.306 e. The van der Waals surface area contributed by atoms with Crippen LogP contribution < -0.4 is 5.32 Å². The van der Waals surface area contributed by atoms with E-state index in [0.29, 0.717) is 12.4 Å². The van der Waals surface area contributed by atoms with E-state index in [2.05, 4.69) is 69.9 Å². The lowest BCUT2D eigenvalue weighted by molar-refractivity contribution is 0.663. The summed E-state index contributed by atoms with van der Waals surface area (Å²) in [6.45, 7) is 1.37. The fourth-order valence-corrected chi connectivity index (χ4v) is 1.90. The summed E-state index contributed by atoms with van der Waals surface area (Å²) < 4.78 is 2.10. The lowest BCUT2D eigenvalue weighted by Gasteiger charge is -2.04. The van der Waals surface area contributed by atoms with Gasteiger partial charge in [0, 0.05) is 15.5 Å². The monoisotopic (exact) mass is 345 g/mol. The summed E-state index contributed by atoms with van der Waals surface area (Å²) in [5, 5.41) is 16.8. The molecule has 0 aliphatic rings. The van der Waals surface area contributed by atoms with Gasteiger partial charge in [-0.15, -0.1) is 10.2 Å². The molecule has 1 aromatic carbocycles. The molecule has 1 heterocycles. The molecule has 0 aliphatic heterocycles. The number of halogens is 2. The highest BCUT2D eigenvalue weighted by Gasteiger charge is 2.00. The van der Waals surface area contributed by atoms with Crippen LogP contribution in [0, 0.1) is 0 Å². The van der Waals surface area contributed by atoms with Crippen molar-refractivity contribution < 1.29 is 0 Å². The molecule has 84 valence electrons. The third-order valence-corrected chi connectivity index (χ3v) is 3.87. The number of benzene rings is 1. The highest BCUT2D eigenvalue weighted by Crippen LogP contribution is 2.23. The number of aromatic nitrogens is 4. The minimum absolute atomic E-state index is 0.601. The SMILES string of the molecule is Brc1ccc(CNCc2nn[nH]n2)cc1Br. The van der Waals surface area contributed by atoms with Gasteiger partial charge < -0.3 is 5.32 Å². The molecule has 0 unspecified atom stereocenters. The van der Waals surface area contributed by atoms with Gasteiger partial charge in [0.25, 0.3) is 0 Å². The van der Waals surface area contributed by atoms with Crippen molar-refractivity contribution in [3.63, 3.8) is 0 Å².